The number of amides is 1. The number of hydrogen-bond acceptors (Lipinski definition) is 5. The number of nitrogens with one attached hydrogen (secondary N) is 2. The van der Waals surface area contributed by atoms with Crippen molar-refractivity contribution in [3.63, 3.8) is 0 Å². The molecule has 0 atom stereocenters. The van der Waals surface area contributed by atoms with Gasteiger partial charge in [0.1, 0.15) is 17.1 Å². The zero-order chi connectivity index (χ0) is 16.6. The fraction of sp³-hybridized carbons (Fsp3) is 0.643. The van der Waals surface area contributed by atoms with Gasteiger partial charge in [0.05, 0.1) is 12.3 Å². The molecule has 2 N–H and O–H groups in total. The van der Waals surface area contributed by atoms with E-state index >= 15 is 0 Å². The second-order valence-corrected chi connectivity index (χ2v) is 6.52. The third-order valence-electron chi connectivity index (χ3n) is 2.34. The molecule has 0 aromatic carbocycles. The minimum Gasteiger partial charge on any atom is -0.464 e. The van der Waals surface area contributed by atoms with Gasteiger partial charge in [0.2, 0.25) is 0 Å². The average molecular weight is 336 g/mol. The maximum Gasteiger partial charge on any atom is 0.407 e. The molecule has 0 radical (unpaired) electrons. The van der Waals surface area contributed by atoms with Gasteiger partial charge >= 0.3 is 6.09 Å². The standard InChI is InChI=1S/C14H22F2N2O3S/c1-14(2,3)21-13(19)18-7-6-17-8-10-4-5-11(20-10)9-22-12(15)16/h4-5,12,17H,6-9H2,1-3H3,(H,18,19). The molecule has 1 amide bonds. The van der Waals surface area contributed by atoms with Gasteiger partial charge in [0.25, 0.3) is 5.76 Å². The van der Waals surface area contributed by atoms with Gasteiger partial charge in [0, 0.05) is 13.1 Å². The molecular formula is C14H22F2N2O3S. The number of rotatable bonds is 8. The summed E-state index contributed by atoms with van der Waals surface area (Å²) in [4.78, 5) is 11.4. The summed E-state index contributed by atoms with van der Waals surface area (Å²) in [7, 11) is 0. The molecule has 0 aliphatic rings. The minimum absolute atomic E-state index is 0.151. The van der Waals surface area contributed by atoms with E-state index in [4.69, 9.17) is 9.15 Å². The number of alkyl halides is 2. The predicted octanol–water partition coefficient (Wildman–Crippen LogP) is 3.35. The molecule has 1 aromatic heterocycles. The molecule has 0 fully saturated rings. The Morgan fingerprint density at radius 2 is 2.00 bits per heavy atom. The summed E-state index contributed by atoms with van der Waals surface area (Å²) in [5, 5.41) is 5.70. The average Bonchev–Trinajstić information content (AvgIpc) is 2.81. The normalized spacial score (nSPS) is 11.7. The van der Waals surface area contributed by atoms with Crippen molar-refractivity contribution < 1.29 is 22.7 Å². The molecule has 0 spiro atoms. The number of thioether (sulfide) groups is 1. The Hall–Kier alpha value is -1.28. The van der Waals surface area contributed by atoms with Crippen molar-refractivity contribution >= 4 is 17.9 Å². The van der Waals surface area contributed by atoms with E-state index in [1.165, 1.54) is 0 Å². The van der Waals surface area contributed by atoms with Crippen molar-refractivity contribution in [2.24, 2.45) is 0 Å². The number of carbonyl (C=O) groups excluding carboxylic acids is 1. The highest BCUT2D eigenvalue weighted by Gasteiger charge is 2.15. The number of hydrogen-bond donors (Lipinski definition) is 2. The Morgan fingerprint density at radius 3 is 2.64 bits per heavy atom. The fourth-order valence-electron chi connectivity index (χ4n) is 1.52. The topological polar surface area (TPSA) is 63.5 Å². The lowest BCUT2D eigenvalue weighted by atomic mass is 10.2. The second-order valence-electron chi connectivity index (χ2n) is 5.55. The summed E-state index contributed by atoms with van der Waals surface area (Å²) in [5.41, 5.74) is -0.516. The highest BCUT2D eigenvalue weighted by molar-refractivity contribution is 7.98. The van der Waals surface area contributed by atoms with Crippen molar-refractivity contribution in [1.29, 1.82) is 0 Å². The maximum atomic E-state index is 12.0. The van der Waals surface area contributed by atoms with E-state index < -0.39 is 17.5 Å². The van der Waals surface area contributed by atoms with Crippen molar-refractivity contribution in [3.8, 4) is 0 Å². The summed E-state index contributed by atoms with van der Waals surface area (Å²) < 4.78 is 34.6. The summed E-state index contributed by atoms with van der Waals surface area (Å²) in [5.74, 6) is -1.06. The molecule has 1 rings (SSSR count). The first-order valence-corrected chi connectivity index (χ1v) is 7.96. The molecule has 0 aliphatic heterocycles. The predicted molar refractivity (Wildman–Crippen MR) is 82.0 cm³/mol. The van der Waals surface area contributed by atoms with E-state index in [9.17, 15) is 13.6 Å². The van der Waals surface area contributed by atoms with Crippen LogP contribution < -0.4 is 10.6 Å². The minimum atomic E-state index is -2.40. The molecule has 0 aliphatic carbocycles. The van der Waals surface area contributed by atoms with Crippen LogP contribution in [0.5, 0.6) is 0 Å². The van der Waals surface area contributed by atoms with Crippen molar-refractivity contribution in [1.82, 2.24) is 10.6 Å². The molecule has 5 nitrogen and oxygen atoms in total. The monoisotopic (exact) mass is 336 g/mol. The molecule has 0 saturated carbocycles. The van der Waals surface area contributed by atoms with Gasteiger partial charge in [-0.1, -0.05) is 11.8 Å². The molecule has 126 valence electrons. The first-order valence-electron chi connectivity index (χ1n) is 6.91. The van der Waals surface area contributed by atoms with Crippen LogP contribution in [0.25, 0.3) is 0 Å². The van der Waals surface area contributed by atoms with Crippen LogP contribution in [0.1, 0.15) is 32.3 Å². The first kappa shape index (κ1) is 18.8. The van der Waals surface area contributed by atoms with E-state index in [-0.39, 0.29) is 5.75 Å². The molecule has 0 bridgehead atoms. The van der Waals surface area contributed by atoms with Gasteiger partial charge in [0.15, 0.2) is 0 Å². The summed E-state index contributed by atoms with van der Waals surface area (Å²) in [6.45, 7) is 6.82. The van der Waals surface area contributed by atoms with Crippen molar-refractivity contribution in [3.05, 3.63) is 23.7 Å². The molecule has 0 saturated heterocycles. The highest BCUT2D eigenvalue weighted by atomic mass is 32.2. The summed E-state index contributed by atoms with van der Waals surface area (Å²) in [6, 6.07) is 3.43. The number of halogens is 2. The van der Waals surface area contributed by atoms with Crippen LogP contribution in [0.2, 0.25) is 0 Å². The lowest BCUT2D eigenvalue weighted by Crippen LogP contribution is -2.36. The number of ether oxygens (including phenoxy) is 1. The molecule has 8 heteroatoms. The van der Waals surface area contributed by atoms with Crippen LogP contribution in [0.4, 0.5) is 13.6 Å². The number of furan rings is 1. The number of alkyl carbamates (subject to hydrolysis) is 1. The Balaban J connectivity index is 2.13. The van der Waals surface area contributed by atoms with E-state index in [0.29, 0.717) is 42.9 Å². The summed E-state index contributed by atoms with van der Waals surface area (Å²) >= 11 is 0.528. The second kappa shape index (κ2) is 8.99. The first-order chi connectivity index (χ1) is 10.3. The van der Waals surface area contributed by atoms with Gasteiger partial charge < -0.3 is 19.8 Å². The fourth-order valence-corrected chi connectivity index (χ4v) is 1.96. The Bertz CT molecular complexity index is 461. The number of carbonyl (C=O) groups is 1. The lowest BCUT2D eigenvalue weighted by Gasteiger charge is -2.19. The third kappa shape index (κ3) is 8.89. The van der Waals surface area contributed by atoms with Crippen LogP contribution >= 0.6 is 11.8 Å². The Kier molecular flexibility index (Phi) is 7.67. The van der Waals surface area contributed by atoms with E-state index in [2.05, 4.69) is 10.6 Å². The largest absolute Gasteiger partial charge is 0.464 e. The smallest absolute Gasteiger partial charge is 0.407 e. The van der Waals surface area contributed by atoms with Gasteiger partial charge in [-0.3, -0.25) is 0 Å². The molecular weight excluding hydrogens is 314 g/mol. The SMILES string of the molecule is CC(C)(C)OC(=O)NCCNCc1ccc(CSC(F)F)o1. The van der Waals surface area contributed by atoms with Crippen molar-refractivity contribution in [2.45, 2.75) is 44.4 Å². The van der Waals surface area contributed by atoms with Crippen LogP contribution in [0, 0.1) is 0 Å². The molecule has 1 heterocycles. The van der Waals surface area contributed by atoms with Crippen LogP contribution in [-0.2, 0) is 17.0 Å². The Labute approximate surface area is 133 Å². The zero-order valence-corrected chi connectivity index (χ0v) is 13.8. The quantitative estimate of drug-likeness (QED) is 0.713. The van der Waals surface area contributed by atoms with E-state index in [1.807, 2.05) is 0 Å². The summed E-state index contributed by atoms with van der Waals surface area (Å²) in [6.07, 6.45) is -0.460. The van der Waals surface area contributed by atoms with Gasteiger partial charge in [-0.05, 0) is 32.9 Å². The molecule has 1 aromatic rings. The Morgan fingerprint density at radius 1 is 1.32 bits per heavy atom. The zero-order valence-electron chi connectivity index (χ0n) is 12.9. The lowest BCUT2D eigenvalue weighted by molar-refractivity contribution is 0.0528. The van der Waals surface area contributed by atoms with Crippen LogP contribution in [-0.4, -0.2) is 30.5 Å². The highest BCUT2D eigenvalue weighted by Crippen LogP contribution is 2.21. The molecule has 22 heavy (non-hydrogen) atoms. The van der Waals surface area contributed by atoms with E-state index in [1.54, 1.807) is 32.9 Å². The maximum absolute atomic E-state index is 12.0. The van der Waals surface area contributed by atoms with Gasteiger partial charge in [-0.2, -0.15) is 8.78 Å². The van der Waals surface area contributed by atoms with E-state index in [0.717, 1.165) is 0 Å². The van der Waals surface area contributed by atoms with Crippen molar-refractivity contribution in [2.75, 3.05) is 13.1 Å². The van der Waals surface area contributed by atoms with Gasteiger partial charge in [-0.15, -0.1) is 0 Å². The third-order valence-corrected chi connectivity index (χ3v) is 3.04. The van der Waals surface area contributed by atoms with Gasteiger partial charge in [-0.25, -0.2) is 4.79 Å². The van der Waals surface area contributed by atoms with Crippen LogP contribution in [0.3, 0.4) is 0 Å². The molecule has 0 unspecified atom stereocenters. The van der Waals surface area contributed by atoms with Crippen LogP contribution in [0.15, 0.2) is 16.5 Å².